The van der Waals surface area contributed by atoms with Crippen molar-refractivity contribution in [3.8, 4) is 11.3 Å². The van der Waals surface area contributed by atoms with Crippen molar-refractivity contribution in [2.45, 2.75) is 6.04 Å². The lowest BCUT2D eigenvalue weighted by atomic mass is 10.1. The Hall–Kier alpha value is -3.00. The van der Waals surface area contributed by atoms with Crippen molar-refractivity contribution < 1.29 is 4.79 Å². The average Bonchev–Trinajstić information content (AvgIpc) is 2.57. The van der Waals surface area contributed by atoms with Gasteiger partial charge in [-0.25, -0.2) is 9.97 Å². The summed E-state index contributed by atoms with van der Waals surface area (Å²) in [5.41, 5.74) is 7.09. The summed E-state index contributed by atoms with van der Waals surface area (Å²) < 4.78 is 0. The molecule has 0 atom stereocenters. The van der Waals surface area contributed by atoms with E-state index < -0.39 is 0 Å². The van der Waals surface area contributed by atoms with E-state index in [1.165, 1.54) is 12.4 Å². The second kappa shape index (κ2) is 7.05. The van der Waals surface area contributed by atoms with Crippen LogP contribution in [-0.4, -0.2) is 51.4 Å². The monoisotopic (exact) mass is 326 g/mol. The van der Waals surface area contributed by atoms with Gasteiger partial charge in [-0.2, -0.15) is 0 Å². The van der Waals surface area contributed by atoms with Crippen LogP contribution in [-0.2, 0) is 4.79 Å². The van der Waals surface area contributed by atoms with E-state index in [9.17, 15) is 9.59 Å². The minimum Gasteiger partial charge on any atom is -0.374 e. The van der Waals surface area contributed by atoms with Gasteiger partial charge in [0.15, 0.2) is 0 Å². The fourth-order valence-electron chi connectivity index (χ4n) is 2.44. The number of nitrogens with zero attached hydrogens (tertiary/aromatic N) is 3. The van der Waals surface area contributed by atoms with Crippen LogP contribution < -0.4 is 16.6 Å². The number of aromatic amines is 1. The molecule has 1 aliphatic rings. The smallest absolute Gasteiger partial charge is 0.271 e. The van der Waals surface area contributed by atoms with E-state index in [2.05, 4.69) is 20.3 Å². The minimum absolute atomic E-state index is 0.0435. The summed E-state index contributed by atoms with van der Waals surface area (Å²) in [6.07, 6.45) is 7.81. The van der Waals surface area contributed by atoms with Crippen LogP contribution in [0.25, 0.3) is 11.3 Å². The van der Waals surface area contributed by atoms with Gasteiger partial charge in [-0.05, 0) is 12.1 Å². The number of anilines is 1. The molecule has 1 amide bonds. The molecule has 0 radical (unpaired) electrons. The van der Waals surface area contributed by atoms with Gasteiger partial charge in [0.25, 0.3) is 5.56 Å². The van der Waals surface area contributed by atoms with Crippen molar-refractivity contribution in [3.05, 3.63) is 53.4 Å². The van der Waals surface area contributed by atoms with Crippen molar-refractivity contribution in [1.82, 2.24) is 19.9 Å². The lowest BCUT2D eigenvalue weighted by Crippen LogP contribution is -2.57. The molecule has 0 aromatic carbocycles. The quantitative estimate of drug-likeness (QED) is 0.664. The first-order valence-electron chi connectivity index (χ1n) is 7.58. The highest BCUT2D eigenvalue weighted by atomic mass is 16.2. The third kappa shape index (κ3) is 3.49. The molecule has 0 aliphatic carbocycles. The molecule has 8 nitrogen and oxygen atoms in total. The molecule has 1 fully saturated rings. The summed E-state index contributed by atoms with van der Waals surface area (Å²) in [4.78, 5) is 36.2. The predicted octanol–water partition coefficient (Wildman–Crippen LogP) is -0.0305. The number of carbonyl (C=O) groups excluding carboxylic acids is 1. The van der Waals surface area contributed by atoms with Crippen molar-refractivity contribution in [2.24, 2.45) is 5.73 Å². The van der Waals surface area contributed by atoms with Crippen LogP contribution in [0.5, 0.6) is 0 Å². The molecule has 4 N–H and O–H groups in total. The average molecular weight is 326 g/mol. The third-order valence-corrected chi connectivity index (χ3v) is 3.73. The number of hydrogen-bond donors (Lipinski definition) is 3. The van der Waals surface area contributed by atoms with E-state index in [1.54, 1.807) is 35.5 Å². The first-order chi connectivity index (χ1) is 11.7. The first-order valence-corrected chi connectivity index (χ1v) is 7.58. The molecule has 3 heterocycles. The van der Waals surface area contributed by atoms with Gasteiger partial charge in [-0.3, -0.25) is 9.59 Å². The lowest BCUT2D eigenvalue weighted by Gasteiger charge is -2.39. The highest BCUT2D eigenvalue weighted by Gasteiger charge is 2.29. The van der Waals surface area contributed by atoms with Crippen molar-refractivity contribution in [3.63, 3.8) is 0 Å². The minimum atomic E-state index is -0.208. The van der Waals surface area contributed by atoms with Gasteiger partial charge in [0.2, 0.25) is 5.91 Å². The number of rotatable bonds is 5. The summed E-state index contributed by atoms with van der Waals surface area (Å²) in [7, 11) is 0. The molecule has 1 saturated heterocycles. The maximum Gasteiger partial charge on any atom is 0.271 e. The molecule has 0 bridgehead atoms. The molecule has 2 aromatic rings. The fourth-order valence-corrected chi connectivity index (χ4v) is 2.44. The van der Waals surface area contributed by atoms with Gasteiger partial charge in [-0.15, -0.1) is 0 Å². The van der Waals surface area contributed by atoms with Crippen LogP contribution in [0.1, 0.15) is 0 Å². The summed E-state index contributed by atoms with van der Waals surface area (Å²) in [6, 6.07) is 3.56. The molecule has 124 valence electrons. The molecule has 24 heavy (non-hydrogen) atoms. The van der Waals surface area contributed by atoms with Crippen molar-refractivity contribution in [1.29, 1.82) is 0 Å². The second-order valence-corrected chi connectivity index (χ2v) is 5.45. The van der Waals surface area contributed by atoms with E-state index in [0.29, 0.717) is 25.3 Å². The molecule has 1 aliphatic heterocycles. The van der Waals surface area contributed by atoms with Crippen molar-refractivity contribution in [2.75, 3.05) is 25.0 Å². The third-order valence-electron chi connectivity index (χ3n) is 3.73. The van der Waals surface area contributed by atoms with Crippen LogP contribution >= 0.6 is 0 Å². The number of aromatic nitrogens is 3. The van der Waals surface area contributed by atoms with E-state index in [4.69, 9.17) is 5.73 Å². The Balaban J connectivity index is 1.66. The maximum absolute atomic E-state index is 12.0. The highest BCUT2D eigenvalue weighted by Crippen LogP contribution is 2.19. The van der Waals surface area contributed by atoms with Crippen LogP contribution in [0.15, 0.2) is 47.8 Å². The standard InChI is InChI=1S/C16H18N6O2/c17-4-1-2-15(23)22-8-12(9-22)21-14-6-11(7-19-16(14)24)13-3-5-18-10-20-13/h1-3,5-7,10,12,21H,4,8-9,17H2,(H,19,24)/b2-1+. The maximum atomic E-state index is 12.0. The van der Waals surface area contributed by atoms with E-state index in [0.717, 1.165) is 11.3 Å². The Morgan fingerprint density at radius 2 is 2.33 bits per heavy atom. The molecule has 3 rings (SSSR count). The summed E-state index contributed by atoms with van der Waals surface area (Å²) >= 11 is 0. The second-order valence-electron chi connectivity index (χ2n) is 5.45. The summed E-state index contributed by atoms with van der Waals surface area (Å²) in [5, 5.41) is 3.17. The van der Waals surface area contributed by atoms with E-state index in [1.807, 2.05) is 0 Å². The number of pyridine rings is 1. The van der Waals surface area contributed by atoms with Crippen LogP contribution in [0.3, 0.4) is 0 Å². The summed E-state index contributed by atoms with van der Waals surface area (Å²) in [5.74, 6) is -0.0675. The zero-order valence-electron chi connectivity index (χ0n) is 13.0. The largest absolute Gasteiger partial charge is 0.374 e. The normalized spacial score (nSPS) is 14.6. The summed E-state index contributed by atoms with van der Waals surface area (Å²) in [6.45, 7) is 1.43. The zero-order valence-corrected chi connectivity index (χ0v) is 13.0. The van der Waals surface area contributed by atoms with E-state index in [-0.39, 0.29) is 17.5 Å². The number of H-pyrrole nitrogens is 1. The van der Waals surface area contributed by atoms with Gasteiger partial charge < -0.3 is 20.9 Å². The van der Waals surface area contributed by atoms with E-state index >= 15 is 0 Å². The number of hydrogen-bond acceptors (Lipinski definition) is 6. The first kappa shape index (κ1) is 15.9. The highest BCUT2D eigenvalue weighted by molar-refractivity contribution is 5.88. The number of nitrogens with two attached hydrogens (primary N) is 1. The molecule has 0 unspecified atom stereocenters. The number of amides is 1. The van der Waals surface area contributed by atoms with Crippen LogP contribution in [0.4, 0.5) is 5.69 Å². The molecule has 0 spiro atoms. The van der Waals surface area contributed by atoms with Crippen molar-refractivity contribution >= 4 is 11.6 Å². The molecular weight excluding hydrogens is 308 g/mol. The van der Waals surface area contributed by atoms with Gasteiger partial charge in [0.05, 0.1) is 11.7 Å². The Morgan fingerprint density at radius 1 is 1.50 bits per heavy atom. The number of carbonyl (C=O) groups is 1. The van der Waals surface area contributed by atoms with Gasteiger partial charge >= 0.3 is 0 Å². The lowest BCUT2D eigenvalue weighted by molar-refractivity contribution is -0.129. The number of likely N-dealkylation sites (tertiary alicyclic amines) is 1. The van der Waals surface area contributed by atoms with Gasteiger partial charge in [0.1, 0.15) is 12.0 Å². The van der Waals surface area contributed by atoms with Gasteiger partial charge in [-0.1, -0.05) is 6.08 Å². The fraction of sp³-hybridized carbons (Fsp3) is 0.250. The Morgan fingerprint density at radius 3 is 3.04 bits per heavy atom. The molecular formula is C16H18N6O2. The SMILES string of the molecule is NC/C=C/C(=O)N1CC(Nc2cc(-c3ccncn3)c[nH]c2=O)C1. The zero-order chi connectivity index (χ0) is 16.9. The molecule has 0 saturated carbocycles. The molecule has 8 heteroatoms. The van der Waals surface area contributed by atoms with Crippen LogP contribution in [0, 0.1) is 0 Å². The predicted molar refractivity (Wildman–Crippen MR) is 90.3 cm³/mol. The Labute approximate surface area is 138 Å². The topological polar surface area (TPSA) is 117 Å². The van der Waals surface area contributed by atoms with Crippen LogP contribution in [0.2, 0.25) is 0 Å². The Bertz CT molecular complexity index is 796. The molecule has 2 aromatic heterocycles. The number of nitrogens with one attached hydrogen (secondary N) is 2. The Kier molecular flexibility index (Phi) is 4.66. The van der Waals surface area contributed by atoms with Gasteiger partial charge in [0, 0.05) is 43.7 Å².